The largest absolute Gasteiger partial charge is 0.334 e. The highest BCUT2D eigenvalue weighted by atomic mass is 35.5. The molecule has 1 aliphatic rings. The van der Waals surface area contributed by atoms with Gasteiger partial charge in [-0.2, -0.15) is 8.42 Å². The van der Waals surface area contributed by atoms with Gasteiger partial charge < -0.3 is 10.6 Å². The van der Waals surface area contributed by atoms with Crippen molar-refractivity contribution in [3.8, 4) is 0 Å². The van der Waals surface area contributed by atoms with Crippen LogP contribution in [-0.2, 0) is 10.0 Å². The number of sulfonamides is 1. The van der Waals surface area contributed by atoms with E-state index in [0.717, 1.165) is 23.0 Å². The molecule has 0 atom stereocenters. The summed E-state index contributed by atoms with van der Waals surface area (Å²) in [5.41, 5.74) is 2.45. The molecule has 3 aromatic rings. The Labute approximate surface area is 183 Å². The number of hydrogen-bond acceptors (Lipinski definition) is 5. The van der Waals surface area contributed by atoms with Crippen LogP contribution in [0.4, 0.5) is 11.4 Å². The Balaban J connectivity index is 1.63. The van der Waals surface area contributed by atoms with Crippen molar-refractivity contribution in [1.29, 1.82) is 0 Å². The standard InChI is InChI=1S/C21H16ClN3O3S2/c1-13-7-9-15(10-8-13)24-21-25-30(27,28)19-11-16(17(22)12-18(19)29-21)20(26)23-14-5-3-2-4-6-14/h2-12H,1H3,(H,23,26)(H,24,25). The maximum absolute atomic E-state index is 12.8. The third-order valence-corrected chi connectivity index (χ3v) is 7.12. The van der Waals surface area contributed by atoms with Gasteiger partial charge in [-0.05, 0) is 55.1 Å². The predicted molar refractivity (Wildman–Crippen MR) is 121 cm³/mol. The number of halogens is 1. The van der Waals surface area contributed by atoms with Crippen molar-refractivity contribution in [2.24, 2.45) is 4.40 Å². The van der Waals surface area contributed by atoms with Crippen molar-refractivity contribution in [3.05, 3.63) is 82.9 Å². The number of benzene rings is 3. The Bertz CT molecular complexity index is 1260. The van der Waals surface area contributed by atoms with Crippen molar-refractivity contribution in [2.75, 3.05) is 10.6 Å². The first kappa shape index (κ1) is 20.5. The number of thioether (sulfide) groups is 1. The molecule has 1 aliphatic heterocycles. The molecule has 0 radical (unpaired) electrons. The lowest BCUT2D eigenvalue weighted by atomic mass is 10.2. The average molecular weight is 458 g/mol. The molecule has 1 amide bonds. The van der Waals surface area contributed by atoms with Gasteiger partial charge in [0, 0.05) is 16.3 Å². The van der Waals surface area contributed by atoms with Crippen LogP contribution < -0.4 is 10.6 Å². The number of rotatable bonds is 3. The lowest BCUT2D eigenvalue weighted by Gasteiger charge is -2.18. The molecule has 4 rings (SSSR count). The Morgan fingerprint density at radius 1 is 1.00 bits per heavy atom. The lowest BCUT2D eigenvalue weighted by Crippen LogP contribution is -2.18. The minimum atomic E-state index is -4.00. The van der Waals surface area contributed by atoms with Crippen LogP contribution in [0, 0.1) is 6.92 Å². The number of hydrogen-bond donors (Lipinski definition) is 2. The first-order chi connectivity index (χ1) is 14.3. The second kappa shape index (κ2) is 8.14. The second-order valence-corrected chi connectivity index (χ2v) is 9.57. The monoisotopic (exact) mass is 457 g/mol. The molecule has 2 N–H and O–H groups in total. The fourth-order valence-corrected chi connectivity index (χ4v) is 5.65. The van der Waals surface area contributed by atoms with Crippen LogP contribution in [0.5, 0.6) is 0 Å². The van der Waals surface area contributed by atoms with Gasteiger partial charge in [0.2, 0.25) is 0 Å². The first-order valence-electron chi connectivity index (χ1n) is 8.88. The van der Waals surface area contributed by atoms with Gasteiger partial charge in [-0.1, -0.05) is 47.5 Å². The minimum Gasteiger partial charge on any atom is -0.334 e. The summed E-state index contributed by atoms with van der Waals surface area (Å²) >= 11 is 7.45. The second-order valence-electron chi connectivity index (χ2n) is 6.56. The van der Waals surface area contributed by atoms with E-state index in [-0.39, 0.29) is 20.6 Å². The van der Waals surface area contributed by atoms with E-state index in [1.54, 1.807) is 24.3 Å². The molecule has 9 heteroatoms. The molecule has 0 saturated heterocycles. The molecule has 0 unspecified atom stereocenters. The molecule has 0 aromatic heterocycles. The van der Waals surface area contributed by atoms with Crippen molar-refractivity contribution in [2.45, 2.75) is 16.7 Å². The van der Waals surface area contributed by atoms with Gasteiger partial charge in [-0.15, -0.1) is 4.40 Å². The molecular formula is C21H16ClN3O3S2. The predicted octanol–water partition coefficient (Wildman–Crippen LogP) is 5.16. The van der Waals surface area contributed by atoms with E-state index in [1.807, 2.05) is 37.3 Å². The summed E-state index contributed by atoms with van der Waals surface area (Å²) in [6.45, 7) is 1.96. The van der Waals surface area contributed by atoms with Gasteiger partial charge in [0.15, 0.2) is 5.17 Å². The van der Waals surface area contributed by atoms with E-state index in [4.69, 9.17) is 11.6 Å². The van der Waals surface area contributed by atoms with Crippen LogP contribution in [0.25, 0.3) is 0 Å². The number of carbonyl (C=O) groups is 1. The third-order valence-electron chi connectivity index (χ3n) is 4.30. The Morgan fingerprint density at radius 3 is 2.40 bits per heavy atom. The molecule has 6 nitrogen and oxygen atoms in total. The molecule has 0 bridgehead atoms. The van der Waals surface area contributed by atoms with Crippen molar-refractivity contribution < 1.29 is 13.2 Å². The van der Waals surface area contributed by atoms with Crippen LogP contribution >= 0.6 is 23.4 Å². The fourth-order valence-electron chi connectivity index (χ4n) is 2.80. The summed E-state index contributed by atoms with van der Waals surface area (Å²) in [4.78, 5) is 13.0. The maximum Gasteiger partial charge on any atom is 0.285 e. The molecule has 1 heterocycles. The number of carbonyl (C=O) groups excluding carboxylic acids is 1. The van der Waals surface area contributed by atoms with Crippen LogP contribution in [0.15, 0.2) is 80.9 Å². The zero-order chi connectivity index (χ0) is 21.3. The summed E-state index contributed by atoms with van der Waals surface area (Å²) < 4.78 is 29.4. The molecule has 3 aromatic carbocycles. The number of nitrogens with one attached hydrogen (secondary N) is 2. The molecule has 0 spiro atoms. The summed E-state index contributed by atoms with van der Waals surface area (Å²) in [6, 6.07) is 19.1. The van der Waals surface area contributed by atoms with Crippen LogP contribution in [0.2, 0.25) is 5.02 Å². The van der Waals surface area contributed by atoms with Crippen molar-refractivity contribution in [1.82, 2.24) is 0 Å². The number of nitrogens with zero attached hydrogens (tertiary/aromatic N) is 1. The van der Waals surface area contributed by atoms with Gasteiger partial charge in [0.25, 0.3) is 15.9 Å². The molecule has 30 heavy (non-hydrogen) atoms. The van der Waals surface area contributed by atoms with E-state index >= 15 is 0 Å². The van der Waals surface area contributed by atoms with E-state index in [0.29, 0.717) is 10.6 Å². The molecular weight excluding hydrogens is 442 g/mol. The van der Waals surface area contributed by atoms with Crippen molar-refractivity contribution in [3.63, 3.8) is 0 Å². The molecule has 0 fully saturated rings. The van der Waals surface area contributed by atoms with Crippen LogP contribution in [-0.4, -0.2) is 19.5 Å². The quantitative estimate of drug-likeness (QED) is 0.567. The molecule has 0 saturated carbocycles. The number of amides is 1. The maximum atomic E-state index is 12.8. The van der Waals surface area contributed by atoms with Gasteiger partial charge in [0.05, 0.1) is 10.6 Å². The highest BCUT2D eigenvalue weighted by molar-refractivity contribution is 8.15. The normalized spacial score (nSPS) is 14.4. The lowest BCUT2D eigenvalue weighted by molar-refractivity contribution is 0.102. The van der Waals surface area contributed by atoms with Crippen molar-refractivity contribution >= 4 is 55.8 Å². The van der Waals surface area contributed by atoms with E-state index < -0.39 is 15.9 Å². The zero-order valence-corrected chi connectivity index (χ0v) is 18.1. The van der Waals surface area contributed by atoms with Gasteiger partial charge in [-0.3, -0.25) is 4.79 Å². The average Bonchev–Trinajstić information content (AvgIpc) is 2.69. The zero-order valence-electron chi connectivity index (χ0n) is 15.7. The highest BCUT2D eigenvalue weighted by Gasteiger charge is 2.29. The van der Waals surface area contributed by atoms with E-state index in [1.165, 1.54) is 12.1 Å². The third kappa shape index (κ3) is 4.35. The topological polar surface area (TPSA) is 87.6 Å². The SMILES string of the molecule is Cc1ccc(NC2=NS(=O)(=O)c3cc(C(=O)Nc4ccccc4)c(Cl)cc3S2)cc1. The first-order valence-corrected chi connectivity index (χ1v) is 11.5. The van der Waals surface area contributed by atoms with Gasteiger partial charge in [0.1, 0.15) is 4.90 Å². The smallest absolute Gasteiger partial charge is 0.285 e. The number of para-hydroxylation sites is 1. The summed E-state index contributed by atoms with van der Waals surface area (Å²) in [6.07, 6.45) is 0. The van der Waals surface area contributed by atoms with Gasteiger partial charge >= 0.3 is 0 Å². The molecule has 0 aliphatic carbocycles. The van der Waals surface area contributed by atoms with Crippen LogP contribution in [0.3, 0.4) is 0 Å². The van der Waals surface area contributed by atoms with Crippen LogP contribution in [0.1, 0.15) is 15.9 Å². The number of amidine groups is 1. The fraction of sp³-hybridized carbons (Fsp3) is 0.0476. The summed E-state index contributed by atoms with van der Waals surface area (Å²) in [5, 5.41) is 6.08. The molecule has 152 valence electrons. The Hall–Kier alpha value is -2.81. The highest BCUT2D eigenvalue weighted by Crippen LogP contribution is 2.38. The minimum absolute atomic E-state index is 0.0513. The number of anilines is 2. The van der Waals surface area contributed by atoms with Gasteiger partial charge in [-0.25, -0.2) is 0 Å². The van der Waals surface area contributed by atoms with E-state index in [9.17, 15) is 13.2 Å². The Kier molecular flexibility index (Phi) is 5.55. The number of aryl methyl sites for hydroxylation is 1. The van der Waals surface area contributed by atoms with E-state index in [2.05, 4.69) is 15.0 Å². The summed E-state index contributed by atoms with van der Waals surface area (Å²) in [5.74, 6) is -0.498. The number of fused-ring (bicyclic) bond motifs is 1. The summed E-state index contributed by atoms with van der Waals surface area (Å²) in [7, 11) is -4.00. The Morgan fingerprint density at radius 2 is 1.70 bits per heavy atom.